The van der Waals surface area contributed by atoms with Crippen molar-refractivity contribution in [1.29, 1.82) is 0 Å². The summed E-state index contributed by atoms with van der Waals surface area (Å²) < 4.78 is 0. The normalized spacial score (nSPS) is 16.6. The lowest BCUT2D eigenvalue weighted by Crippen LogP contribution is -2.39. The Labute approximate surface area is 148 Å². The Morgan fingerprint density at radius 1 is 1.22 bits per heavy atom. The third-order valence-electron chi connectivity index (χ3n) is 4.47. The fourth-order valence-corrected chi connectivity index (χ4v) is 3.70. The van der Waals surface area contributed by atoms with Gasteiger partial charge in [-0.3, -0.25) is 0 Å². The maximum atomic E-state index is 5.49. The highest BCUT2D eigenvalue weighted by atomic mass is 32.1. The molecular formula is C19H24N2S2. The maximum Gasteiger partial charge on any atom is 0.167 e. The van der Waals surface area contributed by atoms with E-state index in [-0.39, 0.29) is 6.04 Å². The topological polar surface area (TPSA) is 24.1 Å². The second kappa shape index (κ2) is 7.45. The minimum atomic E-state index is 0.125. The molecule has 3 rings (SSSR count). The Balaban J connectivity index is 1.78. The van der Waals surface area contributed by atoms with E-state index in [1.54, 1.807) is 11.3 Å². The average molecular weight is 345 g/mol. The van der Waals surface area contributed by atoms with Crippen molar-refractivity contribution in [3.05, 3.63) is 57.8 Å². The molecule has 0 spiro atoms. The monoisotopic (exact) mass is 344 g/mol. The summed E-state index contributed by atoms with van der Waals surface area (Å²) in [7, 11) is 0. The molecular weight excluding hydrogens is 320 g/mol. The molecule has 0 amide bonds. The summed E-state index contributed by atoms with van der Waals surface area (Å²) >= 11 is 7.26. The standard InChI is InChI=1S/C19H24N2S2/c1-3-13(2)14-6-8-15(9-7-14)18(17-5-4-12-23-17)21-19(22)20-16-10-11-16/h4-9,12-13,16,18H,3,10-11H2,1-2H3,(H2,20,21,22)/t13-,18+/m1/s1. The first kappa shape index (κ1) is 16.5. The van der Waals surface area contributed by atoms with Crippen LogP contribution in [0.1, 0.15) is 61.1 Å². The molecule has 4 heteroatoms. The molecule has 1 saturated carbocycles. The number of benzene rings is 1. The third-order valence-corrected chi connectivity index (χ3v) is 5.64. The number of thiophene rings is 1. The lowest BCUT2D eigenvalue weighted by atomic mass is 9.95. The lowest BCUT2D eigenvalue weighted by molar-refractivity contribution is 0.725. The van der Waals surface area contributed by atoms with E-state index in [9.17, 15) is 0 Å². The van der Waals surface area contributed by atoms with Gasteiger partial charge in [-0.1, -0.05) is 44.2 Å². The van der Waals surface area contributed by atoms with Crippen molar-refractivity contribution in [2.24, 2.45) is 0 Å². The zero-order valence-electron chi connectivity index (χ0n) is 13.7. The van der Waals surface area contributed by atoms with Crippen molar-refractivity contribution >= 4 is 28.7 Å². The highest BCUT2D eigenvalue weighted by Crippen LogP contribution is 2.28. The SMILES string of the molecule is CC[C@@H](C)c1ccc([C@H](NC(=S)NC2CC2)c2cccs2)cc1. The van der Waals surface area contributed by atoms with E-state index in [4.69, 9.17) is 12.2 Å². The Kier molecular flexibility index (Phi) is 5.34. The van der Waals surface area contributed by atoms with Crippen molar-refractivity contribution < 1.29 is 0 Å². The van der Waals surface area contributed by atoms with Crippen LogP contribution >= 0.6 is 23.6 Å². The van der Waals surface area contributed by atoms with E-state index in [2.05, 4.69) is 66.3 Å². The minimum Gasteiger partial charge on any atom is -0.360 e. The summed E-state index contributed by atoms with van der Waals surface area (Å²) in [6.07, 6.45) is 3.63. The van der Waals surface area contributed by atoms with Gasteiger partial charge in [-0.2, -0.15) is 0 Å². The smallest absolute Gasteiger partial charge is 0.167 e. The van der Waals surface area contributed by atoms with Crippen LogP contribution < -0.4 is 10.6 Å². The van der Waals surface area contributed by atoms with Crippen molar-refractivity contribution in [3.63, 3.8) is 0 Å². The molecule has 1 aromatic carbocycles. The third kappa shape index (κ3) is 4.33. The van der Waals surface area contributed by atoms with Crippen LogP contribution in [0.25, 0.3) is 0 Å². The average Bonchev–Trinajstić information content (AvgIpc) is 3.21. The van der Waals surface area contributed by atoms with E-state index in [1.807, 2.05) is 0 Å². The summed E-state index contributed by atoms with van der Waals surface area (Å²) in [5, 5.41) is 9.76. The second-order valence-electron chi connectivity index (χ2n) is 6.32. The molecule has 2 nitrogen and oxygen atoms in total. The molecule has 2 N–H and O–H groups in total. The molecule has 2 aromatic rings. The van der Waals surface area contributed by atoms with Gasteiger partial charge in [0.1, 0.15) is 0 Å². The van der Waals surface area contributed by atoms with Gasteiger partial charge in [0.05, 0.1) is 6.04 Å². The van der Waals surface area contributed by atoms with Crippen molar-refractivity contribution in [2.45, 2.75) is 51.1 Å². The Bertz CT molecular complexity index is 630. The van der Waals surface area contributed by atoms with E-state index in [0.717, 1.165) is 5.11 Å². The number of hydrogen-bond donors (Lipinski definition) is 2. The number of rotatable bonds is 6. The number of thiocarbonyl (C=S) groups is 1. The first-order valence-electron chi connectivity index (χ1n) is 8.37. The molecule has 0 radical (unpaired) electrons. The van der Waals surface area contributed by atoms with Gasteiger partial charge in [0, 0.05) is 10.9 Å². The van der Waals surface area contributed by atoms with Crippen LogP contribution in [0, 0.1) is 0 Å². The minimum absolute atomic E-state index is 0.125. The van der Waals surface area contributed by atoms with Crippen LogP contribution in [0.5, 0.6) is 0 Å². The molecule has 0 aliphatic heterocycles. The molecule has 1 aromatic heterocycles. The van der Waals surface area contributed by atoms with Gasteiger partial charge in [-0.15, -0.1) is 11.3 Å². The zero-order chi connectivity index (χ0) is 16.2. The first-order chi connectivity index (χ1) is 11.2. The van der Waals surface area contributed by atoms with Gasteiger partial charge >= 0.3 is 0 Å². The number of hydrogen-bond acceptors (Lipinski definition) is 2. The summed E-state index contributed by atoms with van der Waals surface area (Å²) in [6, 6.07) is 13.9. The van der Waals surface area contributed by atoms with Crippen molar-refractivity contribution in [3.8, 4) is 0 Å². The molecule has 1 aliphatic rings. The van der Waals surface area contributed by atoms with Gasteiger partial charge in [0.2, 0.25) is 0 Å². The zero-order valence-corrected chi connectivity index (χ0v) is 15.3. The molecule has 0 bridgehead atoms. The lowest BCUT2D eigenvalue weighted by Gasteiger charge is -2.21. The van der Waals surface area contributed by atoms with Crippen molar-refractivity contribution in [1.82, 2.24) is 10.6 Å². The quantitative estimate of drug-likeness (QED) is 0.723. The predicted molar refractivity (Wildman–Crippen MR) is 103 cm³/mol. The molecule has 122 valence electrons. The Hall–Kier alpha value is -1.39. The molecule has 0 unspecified atom stereocenters. The van der Waals surface area contributed by atoms with E-state index < -0.39 is 0 Å². The van der Waals surface area contributed by atoms with Gasteiger partial charge < -0.3 is 10.6 Å². The van der Waals surface area contributed by atoms with Crippen molar-refractivity contribution in [2.75, 3.05) is 0 Å². The van der Waals surface area contributed by atoms with Gasteiger partial charge in [0.25, 0.3) is 0 Å². The molecule has 0 saturated heterocycles. The van der Waals surface area contributed by atoms with Gasteiger partial charge in [-0.05, 0) is 60.0 Å². The molecule has 1 fully saturated rings. The summed E-state index contributed by atoms with van der Waals surface area (Å²) in [6.45, 7) is 4.51. The molecule has 2 atom stereocenters. The predicted octanol–water partition coefficient (Wildman–Crippen LogP) is 4.98. The van der Waals surface area contributed by atoms with Crippen LogP contribution in [0.4, 0.5) is 0 Å². The summed E-state index contributed by atoms with van der Waals surface area (Å²) in [5.74, 6) is 0.606. The van der Waals surface area contributed by atoms with E-state index in [1.165, 1.54) is 35.3 Å². The van der Waals surface area contributed by atoms with Crippen LogP contribution in [0.3, 0.4) is 0 Å². The van der Waals surface area contributed by atoms with Crippen LogP contribution in [0.2, 0.25) is 0 Å². The Morgan fingerprint density at radius 2 is 1.91 bits per heavy atom. The van der Waals surface area contributed by atoms with E-state index in [0.29, 0.717) is 12.0 Å². The van der Waals surface area contributed by atoms with E-state index >= 15 is 0 Å². The van der Waals surface area contributed by atoms with Crippen LogP contribution in [-0.4, -0.2) is 11.2 Å². The Morgan fingerprint density at radius 3 is 2.48 bits per heavy atom. The van der Waals surface area contributed by atoms with Gasteiger partial charge in [-0.25, -0.2) is 0 Å². The molecule has 1 aliphatic carbocycles. The summed E-state index contributed by atoms with van der Waals surface area (Å²) in [4.78, 5) is 1.29. The maximum absolute atomic E-state index is 5.49. The highest BCUT2D eigenvalue weighted by Gasteiger charge is 2.23. The molecule has 1 heterocycles. The number of nitrogens with one attached hydrogen (secondary N) is 2. The van der Waals surface area contributed by atoms with Crippen LogP contribution in [-0.2, 0) is 0 Å². The largest absolute Gasteiger partial charge is 0.360 e. The fraction of sp³-hybridized carbons (Fsp3) is 0.421. The first-order valence-corrected chi connectivity index (χ1v) is 9.66. The van der Waals surface area contributed by atoms with Crippen LogP contribution in [0.15, 0.2) is 41.8 Å². The molecule has 23 heavy (non-hydrogen) atoms. The highest BCUT2D eigenvalue weighted by molar-refractivity contribution is 7.80. The fourth-order valence-electron chi connectivity index (χ4n) is 2.61. The summed E-state index contributed by atoms with van der Waals surface area (Å²) in [5.41, 5.74) is 2.67. The second-order valence-corrected chi connectivity index (χ2v) is 7.70. The van der Waals surface area contributed by atoms with Gasteiger partial charge in [0.15, 0.2) is 5.11 Å².